The van der Waals surface area contributed by atoms with E-state index < -0.39 is 0 Å². The quantitative estimate of drug-likeness (QED) is 0.714. The zero-order valence-electron chi connectivity index (χ0n) is 15.0. The van der Waals surface area contributed by atoms with Crippen molar-refractivity contribution in [2.45, 2.75) is 19.3 Å². The fourth-order valence-electron chi connectivity index (χ4n) is 2.95. The number of piperazine rings is 1. The Balaban J connectivity index is 1.31. The van der Waals surface area contributed by atoms with Crippen molar-refractivity contribution in [2.75, 3.05) is 46.3 Å². The molecule has 3 heterocycles. The second-order valence-corrected chi connectivity index (χ2v) is 7.68. The van der Waals surface area contributed by atoms with E-state index in [0.717, 1.165) is 63.3 Å². The normalized spacial score (nSPS) is 16.1. The molecule has 3 rings (SSSR count). The highest BCUT2D eigenvalue weighted by atomic mass is 32.1. The van der Waals surface area contributed by atoms with Gasteiger partial charge in [-0.15, -0.1) is 11.3 Å². The molecular weight excluding hydrogens is 355 g/mol. The van der Waals surface area contributed by atoms with Crippen LogP contribution in [0.25, 0.3) is 10.6 Å². The number of nitrogens with zero attached hydrogens (tertiary/aromatic N) is 3. The molecule has 0 radical (unpaired) electrons. The minimum absolute atomic E-state index is 0.228. The van der Waals surface area contributed by atoms with E-state index in [1.165, 1.54) is 6.07 Å². The van der Waals surface area contributed by atoms with Crippen molar-refractivity contribution in [2.24, 2.45) is 0 Å². The molecule has 8 heteroatoms. The van der Waals surface area contributed by atoms with Gasteiger partial charge in [0.2, 0.25) is 0 Å². The summed E-state index contributed by atoms with van der Waals surface area (Å²) in [5.74, 6) is 0.160. The Labute approximate surface area is 156 Å². The highest BCUT2D eigenvalue weighted by Crippen LogP contribution is 2.27. The summed E-state index contributed by atoms with van der Waals surface area (Å²) in [5, 5.41) is 6.34. The third-order valence-electron chi connectivity index (χ3n) is 4.59. The van der Waals surface area contributed by atoms with Crippen molar-refractivity contribution < 1.29 is 13.7 Å². The van der Waals surface area contributed by atoms with Crippen LogP contribution in [-0.4, -0.2) is 67.2 Å². The molecule has 26 heavy (non-hydrogen) atoms. The molecule has 2 aromatic heterocycles. The van der Waals surface area contributed by atoms with Crippen molar-refractivity contribution in [3.8, 4) is 10.6 Å². The van der Waals surface area contributed by atoms with Gasteiger partial charge in [0.25, 0.3) is 5.91 Å². The van der Waals surface area contributed by atoms with E-state index in [0.29, 0.717) is 17.2 Å². The van der Waals surface area contributed by atoms with Gasteiger partial charge < -0.3 is 19.6 Å². The number of amides is 1. The Kier molecular flexibility index (Phi) is 6.76. The standard InChI is InChI=1S/C18H25FN4O2S/c1-22-9-11-23(12-10-22)8-4-2-3-7-20-18(24)14-13-15(25-21-14)16-5-6-17(19)26-16/h5-6,13H,2-4,7-12H2,1H3,(H,20,24). The van der Waals surface area contributed by atoms with E-state index >= 15 is 0 Å². The molecule has 1 saturated heterocycles. The predicted octanol–water partition coefficient (Wildman–Crippen LogP) is 2.69. The second kappa shape index (κ2) is 9.25. The number of rotatable bonds is 8. The van der Waals surface area contributed by atoms with Gasteiger partial charge in [0.1, 0.15) is 0 Å². The molecule has 1 fully saturated rings. The lowest BCUT2D eigenvalue weighted by molar-refractivity contribution is 0.0943. The lowest BCUT2D eigenvalue weighted by atomic mass is 10.2. The Morgan fingerprint density at radius 1 is 1.27 bits per heavy atom. The van der Waals surface area contributed by atoms with E-state index in [2.05, 4.69) is 27.3 Å². The van der Waals surface area contributed by atoms with Crippen LogP contribution in [0.3, 0.4) is 0 Å². The Bertz CT molecular complexity index is 710. The zero-order chi connectivity index (χ0) is 18.4. The van der Waals surface area contributed by atoms with Crippen LogP contribution >= 0.6 is 11.3 Å². The Morgan fingerprint density at radius 2 is 2.08 bits per heavy atom. The summed E-state index contributed by atoms with van der Waals surface area (Å²) < 4.78 is 18.2. The van der Waals surface area contributed by atoms with Crippen LogP contribution in [0, 0.1) is 5.13 Å². The lowest BCUT2D eigenvalue weighted by Crippen LogP contribution is -2.44. The topological polar surface area (TPSA) is 61.6 Å². The van der Waals surface area contributed by atoms with Crippen LogP contribution in [0.1, 0.15) is 29.8 Å². The first-order chi connectivity index (χ1) is 12.6. The summed E-state index contributed by atoms with van der Waals surface area (Å²) in [5.41, 5.74) is 0.228. The molecule has 0 spiro atoms. The lowest BCUT2D eigenvalue weighted by Gasteiger charge is -2.32. The van der Waals surface area contributed by atoms with E-state index in [1.807, 2.05) is 0 Å². The minimum atomic E-state index is -0.293. The summed E-state index contributed by atoms with van der Waals surface area (Å²) in [6.07, 6.45) is 3.18. The average Bonchev–Trinajstić information content (AvgIpc) is 3.28. The number of nitrogens with one attached hydrogen (secondary N) is 1. The molecule has 6 nitrogen and oxygen atoms in total. The van der Waals surface area contributed by atoms with E-state index in [1.54, 1.807) is 12.1 Å². The molecule has 0 aromatic carbocycles. The predicted molar refractivity (Wildman–Crippen MR) is 99.9 cm³/mol. The molecule has 2 aromatic rings. The monoisotopic (exact) mass is 380 g/mol. The van der Waals surface area contributed by atoms with Gasteiger partial charge in [-0.25, -0.2) is 0 Å². The maximum Gasteiger partial charge on any atom is 0.273 e. The smallest absolute Gasteiger partial charge is 0.273 e. The number of thiophene rings is 1. The molecular formula is C18H25FN4O2S. The van der Waals surface area contributed by atoms with Crippen LogP contribution in [0.4, 0.5) is 4.39 Å². The van der Waals surface area contributed by atoms with Crippen LogP contribution in [0.15, 0.2) is 22.7 Å². The number of aromatic nitrogens is 1. The molecule has 1 aliphatic heterocycles. The SMILES string of the molecule is CN1CCN(CCCCCNC(=O)c2cc(-c3ccc(F)s3)on2)CC1. The summed E-state index contributed by atoms with van der Waals surface area (Å²) in [6.45, 7) is 6.34. The first kappa shape index (κ1) is 19.0. The van der Waals surface area contributed by atoms with Crippen molar-refractivity contribution in [3.05, 3.63) is 29.0 Å². The molecule has 1 amide bonds. The minimum Gasteiger partial charge on any atom is -0.355 e. The van der Waals surface area contributed by atoms with Gasteiger partial charge in [-0.3, -0.25) is 4.79 Å². The van der Waals surface area contributed by atoms with Gasteiger partial charge in [-0.05, 0) is 38.6 Å². The van der Waals surface area contributed by atoms with E-state index in [-0.39, 0.29) is 16.7 Å². The maximum atomic E-state index is 13.1. The largest absolute Gasteiger partial charge is 0.355 e. The van der Waals surface area contributed by atoms with Crippen molar-refractivity contribution in [3.63, 3.8) is 0 Å². The first-order valence-electron chi connectivity index (χ1n) is 9.03. The highest BCUT2D eigenvalue weighted by molar-refractivity contribution is 7.13. The molecule has 0 atom stereocenters. The third-order valence-corrected chi connectivity index (χ3v) is 5.48. The number of hydrogen-bond donors (Lipinski definition) is 1. The Hall–Kier alpha value is -1.77. The fourth-order valence-corrected chi connectivity index (χ4v) is 3.63. The van der Waals surface area contributed by atoms with Crippen LogP contribution in [0.5, 0.6) is 0 Å². The molecule has 1 N–H and O–H groups in total. The van der Waals surface area contributed by atoms with Crippen LogP contribution in [0.2, 0.25) is 0 Å². The maximum absolute atomic E-state index is 13.1. The third kappa shape index (κ3) is 5.36. The molecule has 1 aliphatic rings. The molecule has 0 bridgehead atoms. The number of halogens is 1. The van der Waals surface area contributed by atoms with Crippen molar-refractivity contribution in [1.82, 2.24) is 20.3 Å². The fraction of sp³-hybridized carbons (Fsp3) is 0.556. The van der Waals surface area contributed by atoms with Gasteiger partial charge >= 0.3 is 0 Å². The summed E-state index contributed by atoms with van der Waals surface area (Å²) in [6, 6.07) is 4.53. The van der Waals surface area contributed by atoms with Crippen molar-refractivity contribution in [1.29, 1.82) is 0 Å². The second-order valence-electron chi connectivity index (χ2n) is 6.64. The van der Waals surface area contributed by atoms with Gasteiger partial charge in [-0.1, -0.05) is 11.6 Å². The van der Waals surface area contributed by atoms with E-state index in [4.69, 9.17) is 4.52 Å². The summed E-state index contributed by atoms with van der Waals surface area (Å²) >= 11 is 0.966. The van der Waals surface area contributed by atoms with Crippen LogP contribution < -0.4 is 5.32 Å². The van der Waals surface area contributed by atoms with Gasteiger partial charge in [0.15, 0.2) is 16.6 Å². The molecule has 0 aliphatic carbocycles. The number of unbranched alkanes of at least 4 members (excludes halogenated alkanes) is 2. The average molecular weight is 380 g/mol. The number of carbonyl (C=O) groups excluding carboxylic acids is 1. The first-order valence-corrected chi connectivity index (χ1v) is 9.85. The zero-order valence-corrected chi connectivity index (χ0v) is 15.9. The van der Waals surface area contributed by atoms with Crippen LogP contribution in [-0.2, 0) is 0 Å². The van der Waals surface area contributed by atoms with Gasteiger partial charge in [0.05, 0.1) is 4.88 Å². The summed E-state index contributed by atoms with van der Waals surface area (Å²) in [4.78, 5) is 17.6. The highest BCUT2D eigenvalue weighted by Gasteiger charge is 2.15. The van der Waals surface area contributed by atoms with Gasteiger partial charge in [0, 0.05) is 38.8 Å². The van der Waals surface area contributed by atoms with E-state index in [9.17, 15) is 9.18 Å². The number of carbonyl (C=O) groups is 1. The molecule has 0 saturated carbocycles. The van der Waals surface area contributed by atoms with Gasteiger partial charge in [-0.2, -0.15) is 4.39 Å². The summed E-state index contributed by atoms with van der Waals surface area (Å²) in [7, 11) is 2.16. The number of hydrogen-bond acceptors (Lipinski definition) is 6. The Morgan fingerprint density at radius 3 is 2.81 bits per heavy atom. The van der Waals surface area contributed by atoms with Crippen molar-refractivity contribution >= 4 is 17.2 Å². The molecule has 142 valence electrons. The molecule has 0 unspecified atom stereocenters. The number of likely N-dealkylation sites (N-methyl/N-ethyl adjacent to an activating group) is 1.